The van der Waals surface area contributed by atoms with Crippen LogP contribution in [0.15, 0.2) is 72.2 Å². The molecule has 1 atom stereocenters. The highest BCUT2D eigenvalue weighted by Crippen LogP contribution is 2.33. The van der Waals surface area contributed by atoms with E-state index in [9.17, 15) is 22.8 Å². The van der Waals surface area contributed by atoms with Gasteiger partial charge in [0.05, 0.1) is 29.1 Å². The number of likely N-dealkylation sites (tertiary alicyclic amines) is 1. The molecule has 1 unspecified atom stereocenters. The fourth-order valence-electron chi connectivity index (χ4n) is 5.34. The lowest BCUT2D eigenvalue weighted by Crippen LogP contribution is -2.46. The van der Waals surface area contributed by atoms with Gasteiger partial charge in [0, 0.05) is 30.1 Å². The van der Waals surface area contributed by atoms with Crippen LogP contribution in [-0.2, 0) is 11.3 Å². The van der Waals surface area contributed by atoms with E-state index in [0.717, 1.165) is 27.1 Å². The minimum absolute atomic E-state index is 0.0163. The van der Waals surface area contributed by atoms with Crippen LogP contribution in [0.4, 0.5) is 13.2 Å². The molecule has 0 saturated carbocycles. The van der Waals surface area contributed by atoms with Gasteiger partial charge in [0.25, 0.3) is 0 Å². The molecular weight excluding hydrogens is 497 g/mol. The number of imidazole rings is 2. The van der Waals surface area contributed by atoms with Gasteiger partial charge in [0.2, 0.25) is 5.91 Å². The molecule has 0 N–H and O–H groups in total. The monoisotopic (exact) mass is 520 g/mol. The number of benzene rings is 1. The number of carbonyl (C=O) groups excluding carboxylic acids is 1. The molecule has 1 aromatic carbocycles. The Morgan fingerprint density at radius 3 is 2.68 bits per heavy atom. The summed E-state index contributed by atoms with van der Waals surface area (Å²) in [6.07, 6.45) is 2.65. The van der Waals surface area contributed by atoms with Gasteiger partial charge in [-0.1, -0.05) is 18.2 Å². The number of aromatic nitrogens is 5. The number of amides is 1. The number of nitrogens with zero attached hydrogens (tertiary/aromatic N) is 6. The second-order valence-electron chi connectivity index (χ2n) is 9.45. The Balaban J connectivity index is 1.41. The molecule has 1 amide bonds. The summed E-state index contributed by atoms with van der Waals surface area (Å²) in [6.45, 7) is 1.36. The maximum atomic E-state index is 13.6. The number of hydrogen-bond acceptors (Lipinski definition) is 4. The predicted octanol–water partition coefficient (Wildman–Crippen LogP) is 4.36. The Morgan fingerprint density at radius 2 is 1.92 bits per heavy atom. The van der Waals surface area contributed by atoms with E-state index in [1.165, 1.54) is 9.13 Å². The van der Waals surface area contributed by atoms with Crippen molar-refractivity contribution >= 4 is 22.5 Å². The zero-order chi connectivity index (χ0) is 26.6. The van der Waals surface area contributed by atoms with Crippen molar-refractivity contribution < 1.29 is 18.0 Å². The fraction of sp³-hybridized carbons (Fsp3) is 0.259. The summed E-state index contributed by atoms with van der Waals surface area (Å²) in [6, 6.07) is 10.9. The van der Waals surface area contributed by atoms with E-state index < -0.39 is 30.4 Å². The standard InChI is InChI=1S/C27H23F3N6O2/c1-17-5-2-7-20-25(17)36(26(38)35(20)15-24(37)34-12-4-8-22(34)27(28,29)30)23-10-9-18(13-32-23)19-6-3-11-33-16-31-14-21(19)33/h2-3,5-7,9-11,13-14,16,22H,4,8,12,15H2,1H3. The van der Waals surface area contributed by atoms with Crippen molar-refractivity contribution in [2.45, 2.75) is 38.5 Å². The summed E-state index contributed by atoms with van der Waals surface area (Å²) in [5, 5.41) is 0. The van der Waals surface area contributed by atoms with Crippen molar-refractivity contribution in [2.75, 3.05) is 6.54 Å². The van der Waals surface area contributed by atoms with Crippen LogP contribution in [0, 0.1) is 6.92 Å². The fourth-order valence-corrected chi connectivity index (χ4v) is 5.34. The SMILES string of the molecule is Cc1cccc2c1n(-c1ccc(-c3cccn4cncc34)cn1)c(=O)n2CC(=O)N1CCCC1C(F)(F)F. The maximum absolute atomic E-state index is 13.6. The Labute approximate surface area is 214 Å². The molecule has 0 aliphatic carbocycles. The molecule has 6 rings (SSSR count). The molecule has 1 fully saturated rings. The topological polar surface area (TPSA) is 77.4 Å². The quantitative estimate of drug-likeness (QED) is 0.353. The highest BCUT2D eigenvalue weighted by Gasteiger charge is 2.47. The largest absolute Gasteiger partial charge is 0.408 e. The van der Waals surface area contributed by atoms with E-state index in [2.05, 4.69) is 9.97 Å². The molecule has 11 heteroatoms. The first-order valence-corrected chi connectivity index (χ1v) is 12.2. The number of rotatable bonds is 4. The van der Waals surface area contributed by atoms with Crippen molar-refractivity contribution in [1.82, 2.24) is 28.4 Å². The molecular formula is C27H23F3N6O2. The van der Waals surface area contributed by atoms with Crippen LogP contribution < -0.4 is 5.69 Å². The van der Waals surface area contributed by atoms with Gasteiger partial charge < -0.3 is 9.30 Å². The van der Waals surface area contributed by atoms with E-state index in [4.69, 9.17) is 0 Å². The van der Waals surface area contributed by atoms with E-state index >= 15 is 0 Å². The molecule has 0 spiro atoms. The predicted molar refractivity (Wildman–Crippen MR) is 135 cm³/mol. The van der Waals surface area contributed by atoms with Gasteiger partial charge in [-0.25, -0.2) is 19.3 Å². The molecule has 1 aliphatic rings. The second-order valence-corrected chi connectivity index (χ2v) is 9.45. The lowest BCUT2D eigenvalue weighted by atomic mass is 10.1. The molecule has 1 aliphatic heterocycles. The zero-order valence-electron chi connectivity index (χ0n) is 20.4. The summed E-state index contributed by atoms with van der Waals surface area (Å²) in [4.78, 5) is 36.2. The lowest BCUT2D eigenvalue weighted by molar-refractivity contribution is -0.182. The Morgan fingerprint density at radius 1 is 1.08 bits per heavy atom. The summed E-state index contributed by atoms with van der Waals surface area (Å²) in [7, 11) is 0. The average molecular weight is 521 g/mol. The van der Waals surface area contributed by atoms with E-state index in [-0.39, 0.29) is 19.4 Å². The van der Waals surface area contributed by atoms with Crippen molar-refractivity contribution in [2.24, 2.45) is 0 Å². The van der Waals surface area contributed by atoms with Gasteiger partial charge >= 0.3 is 11.9 Å². The van der Waals surface area contributed by atoms with Crippen molar-refractivity contribution in [1.29, 1.82) is 0 Å². The third-order valence-corrected chi connectivity index (χ3v) is 7.14. The molecule has 0 bridgehead atoms. The molecule has 4 aromatic heterocycles. The summed E-state index contributed by atoms with van der Waals surface area (Å²) in [5.41, 5.74) is 3.90. The second kappa shape index (κ2) is 8.86. The summed E-state index contributed by atoms with van der Waals surface area (Å²) in [5.74, 6) is -0.385. The molecule has 5 aromatic rings. The molecule has 1 saturated heterocycles. The van der Waals surface area contributed by atoms with Crippen molar-refractivity contribution in [3.8, 4) is 16.9 Å². The van der Waals surface area contributed by atoms with Crippen LogP contribution in [0.25, 0.3) is 33.5 Å². The number of carbonyl (C=O) groups is 1. The van der Waals surface area contributed by atoms with E-state index in [0.29, 0.717) is 16.9 Å². The van der Waals surface area contributed by atoms with Crippen LogP contribution in [0.2, 0.25) is 0 Å². The van der Waals surface area contributed by atoms with Gasteiger partial charge in [-0.05, 0) is 49.6 Å². The Hall–Kier alpha value is -4.41. The van der Waals surface area contributed by atoms with Gasteiger partial charge in [0.15, 0.2) is 0 Å². The molecule has 5 heterocycles. The highest BCUT2D eigenvalue weighted by molar-refractivity contribution is 5.85. The minimum Gasteiger partial charge on any atom is -0.329 e. The van der Waals surface area contributed by atoms with Gasteiger partial charge in [-0.15, -0.1) is 0 Å². The average Bonchev–Trinajstić information content (AvgIpc) is 3.63. The van der Waals surface area contributed by atoms with Gasteiger partial charge in [-0.3, -0.25) is 9.36 Å². The molecule has 0 radical (unpaired) electrons. The van der Waals surface area contributed by atoms with Gasteiger partial charge in [-0.2, -0.15) is 13.2 Å². The number of alkyl halides is 3. The Kier molecular flexibility index (Phi) is 5.59. The van der Waals surface area contributed by atoms with Crippen LogP contribution >= 0.6 is 0 Å². The summed E-state index contributed by atoms with van der Waals surface area (Å²) >= 11 is 0. The Bertz CT molecular complexity index is 1730. The van der Waals surface area contributed by atoms with Gasteiger partial charge in [0.1, 0.15) is 18.4 Å². The number of para-hydroxylation sites is 1. The van der Waals surface area contributed by atoms with Crippen LogP contribution in [-0.4, -0.2) is 53.1 Å². The number of aryl methyl sites for hydroxylation is 1. The molecule has 194 valence electrons. The number of halogens is 3. The van der Waals surface area contributed by atoms with Crippen LogP contribution in [0.3, 0.4) is 0 Å². The lowest BCUT2D eigenvalue weighted by Gasteiger charge is -2.26. The third-order valence-electron chi connectivity index (χ3n) is 7.14. The minimum atomic E-state index is -4.51. The normalized spacial score (nSPS) is 16.1. The number of pyridine rings is 2. The third kappa shape index (κ3) is 3.85. The highest BCUT2D eigenvalue weighted by atomic mass is 19.4. The molecule has 38 heavy (non-hydrogen) atoms. The number of fused-ring (bicyclic) bond motifs is 2. The molecule has 8 nitrogen and oxygen atoms in total. The number of hydrogen-bond donors (Lipinski definition) is 0. The first-order valence-electron chi connectivity index (χ1n) is 12.2. The van der Waals surface area contributed by atoms with E-state index in [1.807, 2.05) is 41.8 Å². The van der Waals surface area contributed by atoms with Crippen molar-refractivity contribution in [3.63, 3.8) is 0 Å². The van der Waals surface area contributed by atoms with Crippen LogP contribution in [0.5, 0.6) is 0 Å². The van der Waals surface area contributed by atoms with Crippen molar-refractivity contribution in [3.05, 3.63) is 83.4 Å². The van der Waals surface area contributed by atoms with E-state index in [1.54, 1.807) is 36.9 Å². The van der Waals surface area contributed by atoms with Crippen LogP contribution in [0.1, 0.15) is 18.4 Å². The first kappa shape index (κ1) is 24.0. The maximum Gasteiger partial charge on any atom is 0.408 e. The summed E-state index contributed by atoms with van der Waals surface area (Å²) < 4.78 is 44.9. The smallest absolute Gasteiger partial charge is 0.329 e. The first-order chi connectivity index (χ1) is 18.2. The zero-order valence-corrected chi connectivity index (χ0v) is 20.4.